The zero-order valence-electron chi connectivity index (χ0n) is 12.6. The molecule has 1 aliphatic rings. The van der Waals surface area contributed by atoms with Gasteiger partial charge in [0.25, 0.3) is 0 Å². The number of hydrogen-bond acceptors (Lipinski definition) is 3. The van der Waals surface area contributed by atoms with Gasteiger partial charge in [-0.15, -0.1) is 0 Å². The quantitative estimate of drug-likeness (QED) is 0.896. The normalized spacial score (nSPS) is 14.2. The van der Waals surface area contributed by atoms with E-state index in [0.29, 0.717) is 11.4 Å². The maximum Gasteiger partial charge on any atom is 0.339 e. The molecule has 1 heterocycles. The molecular weight excluding hydrogens is 252 g/mol. The van der Waals surface area contributed by atoms with Gasteiger partial charge in [-0.1, -0.05) is 6.92 Å². The van der Waals surface area contributed by atoms with Crippen LogP contribution in [0.1, 0.15) is 61.6 Å². The summed E-state index contributed by atoms with van der Waals surface area (Å²) in [7, 11) is 0. The fourth-order valence-corrected chi connectivity index (χ4v) is 2.85. The highest BCUT2D eigenvalue weighted by molar-refractivity contribution is 5.93. The molecule has 0 aliphatic heterocycles. The highest BCUT2D eigenvalue weighted by Gasteiger charge is 2.23. The Morgan fingerprint density at radius 2 is 2.10 bits per heavy atom. The van der Waals surface area contributed by atoms with Crippen molar-refractivity contribution in [2.45, 2.75) is 58.9 Å². The summed E-state index contributed by atoms with van der Waals surface area (Å²) in [6.07, 6.45) is 5.20. The third-order valence-electron chi connectivity index (χ3n) is 3.87. The minimum atomic E-state index is -0.873. The van der Waals surface area contributed by atoms with Crippen molar-refractivity contribution in [1.82, 2.24) is 4.98 Å². The molecule has 0 saturated carbocycles. The van der Waals surface area contributed by atoms with E-state index in [1.807, 2.05) is 6.07 Å². The van der Waals surface area contributed by atoms with Gasteiger partial charge in [0.2, 0.25) is 0 Å². The summed E-state index contributed by atoms with van der Waals surface area (Å²) < 4.78 is 0. The van der Waals surface area contributed by atoms with E-state index in [2.05, 4.69) is 25.7 Å². The lowest BCUT2D eigenvalue weighted by molar-refractivity contribution is 0.0697. The van der Waals surface area contributed by atoms with E-state index in [4.69, 9.17) is 4.98 Å². The van der Waals surface area contributed by atoms with Crippen LogP contribution in [-0.2, 0) is 12.8 Å². The topological polar surface area (TPSA) is 53.4 Å². The van der Waals surface area contributed by atoms with Crippen molar-refractivity contribution in [2.75, 3.05) is 11.4 Å². The van der Waals surface area contributed by atoms with Crippen LogP contribution in [0.5, 0.6) is 0 Å². The van der Waals surface area contributed by atoms with Gasteiger partial charge in [0, 0.05) is 18.3 Å². The molecule has 1 aromatic rings. The van der Waals surface area contributed by atoms with Crippen LogP contribution in [0.2, 0.25) is 0 Å². The molecule has 4 heteroatoms. The molecule has 0 aromatic carbocycles. The SMILES string of the molecule is CCCN(c1nc2c(cc1C(=O)O)CCCC2)C(C)C. The molecule has 0 atom stereocenters. The second-order valence-electron chi connectivity index (χ2n) is 5.76. The molecule has 20 heavy (non-hydrogen) atoms. The Morgan fingerprint density at radius 3 is 2.70 bits per heavy atom. The average molecular weight is 276 g/mol. The predicted octanol–water partition coefficient (Wildman–Crippen LogP) is 3.28. The largest absolute Gasteiger partial charge is 0.478 e. The molecule has 0 radical (unpaired) electrons. The monoisotopic (exact) mass is 276 g/mol. The second kappa shape index (κ2) is 6.25. The van der Waals surface area contributed by atoms with Crippen LogP contribution in [0, 0.1) is 0 Å². The van der Waals surface area contributed by atoms with Crippen LogP contribution in [-0.4, -0.2) is 28.6 Å². The smallest absolute Gasteiger partial charge is 0.339 e. The van der Waals surface area contributed by atoms with Gasteiger partial charge in [0.05, 0.1) is 0 Å². The number of aromatic carboxylic acids is 1. The van der Waals surface area contributed by atoms with Crippen LogP contribution in [0.4, 0.5) is 5.82 Å². The maximum absolute atomic E-state index is 11.6. The summed E-state index contributed by atoms with van der Waals surface area (Å²) in [5.74, 6) is -0.224. The third kappa shape index (κ3) is 2.94. The number of rotatable bonds is 5. The second-order valence-corrected chi connectivity index (χ2v) is 5.76. The number of aryl methyl sites for hydroxylation is 2. The molecular formula is C16H24N2O2. The third-order valence-corrected chi connectivity index (χ3v) is 3.87. The first-order chi connectivity index (χ1) is 9.54. The number of nitrogens with zero attached hydrogens (tertiary/aromatic N) is 2. The molecule has 0 bridgehead atoms. The van der Waals surface area contributed by atoms with E-state index in [-0.39, 0.29) is 6.04 Å². The fourth-order valence-electron chi connectivity index (χ4n) is 2.85. The molecule has 110 valence electrons. The molecule has 1 N–H and O–H groups in total. The first kappa shape index (κ1) is 14.8. The van der Waals surface area contributed by atoms with Gasteiger partial charge in [0.1, 0.15) is 11.4 Å². The number of fused-ring (bicyclic) bond motifs is 1. The van der Waals surface area contributed by atoms with E-state index in [1.165, 1.54) is 0 Å². The van der Waals surface area contributed by atoms with Gasteiger partial charge in [-0.05, 0) is 57.6 Å². The van der Waals surface area contributed by atoms with E-state index in [9.17, 15) is 9.90 Å². The number of pyridine rings is 1. The van der Waals surface area contributed by atoms with Gasteiger partial charge in [-0.3, -0.25) is 0 Å². The Morgan fingerprint density at radius 1 is 1.40 bits per heavy atom. The first-order valence-corrected chi connectivity index (χ1v) is 7.57. The molecule has 1 aliphatic carbocycles. The minimum Gasteiger partial charge on any atom is -0.478 e. The lowest BCUT2D eigenvalue weighted by atomic mass is 9.94. The van der Waals surface area contributed by atoms with Crippen LogP contribution >= 0.6 is 0 Å². The number of carboxylic acid groups (broad SMARTS) is 1. The van der Waals surface area contributed by atoms with Crippen molar-refractivity contribution in [1.29, 1.82) is 0 Å². The molecule has 0 unspecified atom stereocenters. The summed E-state index contributed by atoms with van der Waals surface area (Å²) in [6.45, 7) is 7.11. The fraction of sp³-hybridized carbons (Fsp3) is 0.625. The predicted molar refractivity (Wildman–Crippen MR) is 80.6 cm³/mol. The summed E-state index contributed by atoms with van der Waals surface area (Å²) in [5, 5.41) is 9.50. The van der Waals surface area contributed by atoms with Crippen molar-refractivity contribution < 1.29 is 9.90 Å². The van der Waals surface area contributed by atoms with Crippen LogP contribution in [0.25, 0.3) is 0 Å². The summed E-state index contributed by atoms with van der Waals surface area (Å²) >= 11 is 0. The van der Waals surface area contributed by atoms with Crippen LogP contribution in [0.3, 0.4) is 0 Å². The molecule has 4 nitrogen and oxygen atoms in total. The van der Waals surface area contributed by atoms with Gasteiger partial charge in [0.15, 0.2) is 0 Å². The summed E-state index contributed by atoms with van der Waals surface area (Å²) in [4.78, 5) is 18.4. The van der Waals surface area contributed by atoms with Crippen molar-refractivity contribution in [2.24, 2.45) is 0 Å². The van der Waals surface area contributed by atoms with Gasteiger partial charge in [-0.2, -0.15) is 0 Å². The summed E-state index contributed by atoms with van der Waals surface area (Å²) in [5.41, 5.74) is 2.57. The Bertz CT molecular complexity index is 497. The highest BCUT2D eigenvalue weighted by Crippen LogP contribution is 2.28. The summed E-state index contributed by atoms with van der Waals surface area (Å²) in [6, 6.07) is 2.10. The molecule has 0 saturated heterocycles. The number of aromatic nitrogens is 1. The van der Waals surface area contributed by atoms with Gasteiger partial charge < -0.3 is 10.0 Å². The van der Waals surface area contributed by atoms with Crippen molar-refractivity contribution in [3.63, 3.8) is 0 Å². The highest BCUT2D eigenvalue weighted by atomic mass is 16.4. The van der Waals surface area contributed by atoms with Crippen LogP contribution < -0.4 is 4.90 Å². The lowest BCUT2D eigenvalue weighted by Gasteiger charge is -2.30. The van der Waals surface area contributed by atoms with Crippen LogP contribution in [0.15, 0.2) is 6.07 Å². The standard InChI is InChI=1S/C16H24N2O2/c1-4-9-18(11(2)3)15-13(16(19)20)10-12-7-5-6-8-14(12)17-15/h10-11H,4-9H2,1-3H3,(H,19,20). The van der Waals surface area contributed by atoms with Crippen molar-refractivity contribution in [3.8, 4) is 0 Å². The Balaban J connectivity index is 2.51. The molecule has 0 spiro atoms. The first-order valence-electron chi connectivity index (χ1n) is 7.57. The number of hydrogen-bond donors (Lipinski definition) is 1. The Hall–Kier alpha value is -1.58. The zero-order chi connectivity index (χ0) is 14.7. The van der Waals surface area contributed by atoms with Gasteiger partial charge >= 0.3 is 5.97 Å². The zero-order valence-corrected chi connectivity index (χ0v) is 12.6. The molecule has 0 amide bonds. The average Bonchev–Trinajstić information content (AvgIpc) is 2.43. The Labute approximate surface area is 120 Å². The number of anilines is 1. The lowest BCUT2D eigenvalue weighted by Crippen LogP contribution is -2.34. The Kier molecular flexibility index (Phi) is 4.63. The van der Waals surface area contributed by atoms with E-state index >= 15 is 0 Å². The maximum atomic E-state index is 11.6. The van der Waals surface area contributed by atoms with E-state index in [1.54, 1.807) is 0 Å². The molecule has 1 aromatic heterocycles. The molecule has 0 fully saturated rings. The van der Waals surface area contributed by atoms with Crippen molar-refractivity contribution in [3.05, 3.63) is 22.9 Å². The number of carbonyl (C=O) groups is 1. The minimum absolute atomic E-state index is 0.252. The number of carboxylic acids is 1. The van der Waals surface area contributed by atoms with Crippen molar-refractivity contribution >= 4 is 11.8 Å². The van der Waals surface area contributed by atoms with E-state index in [0.717, 1.165) is 49.9 Å². The molecule has 2 rings (SSSR count). The van der Waals surface area contributed by atoms with Gasteiger partial charge in [-0.25, -0.2) is 9.78 Å². The van der Waals surface area contributed by atoms with E-state index < -0.39 is 5.97 Å².